The number of piperidine rings is 1. The van der Waals surface area contributed by atoms with E-state index in [2.05, 4.69) is 25.7 Å². The predicted octanol–water partition coefficient (Wildman–Crippen LogP) is 3.45. The quantitative estimate of drug-likeness (QED) is 0.641. The zero-order valence-corrected chi connectivity index (χ0v) is 14.7. The summed E-state index contributed by atoms with van der Waals surface area (Å²) in [7, 11) is 0. The number of carbonyl (C=O) groups excluding carboxylic acids is 1. The number of carbonyl (C=O) groups is 1. The molecule has 4 saturated heterocycles. The predicted molar refractivity (Wildman–Crippen MR) is 85.4 cm³/mol. The molecule has 4 aliphatic heterocycles. The van der Waals surface area contributed by atoms with Crippen molar-refractivity contribution in [3.05, 3.63) is 0 Å². The average molecular weight is 319 g/mol. The fourth-order valence-corrected chi connectivity index (χ4v) is 7.07. The Morgan fingerprint density at radius 1 is 1.17 bits per heavy atom. The number of hydrogen-bond acceptors (Lipinski definition) is 4. The van der Waals surface area contributed by atoms with Gasteiger partial charge in [0, 0.05) is 18.4 Å². The number of nitrogens with zero attached hydrogens (tertiary/aromatic N) is 1. The van der Waals surface area contributed by atoms with Gasteiger partial charge < -0.3 is 9.47 Å². The van der Waals surface area contributed by atoms with Gasteiger partial charge in [0.2, 0.25) is 0 Å². The van der Waals surface area contributed by atoms with E-state index < -0.39 is 5.72 Å². The highest BCUT2D eigenvalue weighted by Gasteiger charge is 2.75. The van der Waals surface area contributed by atoms with Gasteiger partial charge >= 0.3 is 5.97 Å². The summed E-state index contributed by atoms with van der Waals surface area (Å²) in [5, 5.41) is 0. The topological polar surface area (TPSA) is 38.8 Å². The van der Waals surface area contributed by atoms with Gasteiger partial charge in [-0.1, -0.05) is 20.8 Å². The van der Waals surface area contributed by atoms with E-state index in [4.69, 9.17) is 9.47 Å². The highest BCUT2D eigenvalue weighted by molar-refractivity contribution is 5.72. The molecule has 0 aromatic rings. The Kier molecular flexibility index (Phi) is 2.64. The first-order valence-corrected chi connectivity index (χ1v) is 9.50. The molecule has 4 heteroatoms. The molecule has 1 spiro atoms. The lowest BCUT2D eigenvalue weighted by molar-refractivity contribution is -0.350. The van der Waals surface area contributed by atoms with Crippen LogP contribution in [0.25, 0.3) is 0 Å². The monoisotopic (exact) mass is 319 g/mol. The van der Waals surface area contributed by atoms with Crippen LogP contribution in [0.2, 0.25) is 0 Å². The number of fused-ring (bicyclic) bond motifs is 1. The number of ether oxygens (including phenoxy) is 2. The van der Waals surface area contributed by atoms with Crippen LogP contribution in [0, 0.1) is 16.7 Å². The molecule has 4 nitrogen and oxygen atoms in total. The lowest BCUT2D eigenvalue weighted by atomic mass is 9.47. The maximum absolute atomic E-state index is 12.5. The summed E-state index contributed by atoms with van der Waals surface area (Å²) >= 11 is 0. The minimum Gasteiger partial charge on any atom is -0.443 e. The summed E-state index contributed by atoms with van der Waals surface area (Å²) in [5.74, 6) is 0.713. The molecule has 1 saturated carbocycles. The van der Waals surface area contributed by atoms with Crippen molar-refractivity contribution in [2.45, 2.75) is 89.7 Å². The van der Waals surface area contributed by atoms with Crippen molar-refractivity contribution in [2.24, 2.45) is 16.7 Å². The molecular formula is C19H29NO3. The number of hydrogen-bond donors (Lipinski definition) is 0. The molecular weight excluding hydrogens is 290 g/mol. The van der Waals surface area contributed by atoms with Crippen LogP contribution < -0.4 is 0 Å². The van der Waals surface area contributed by atoms with Crippen LogP contribution in [0.4, 0.5) is 0 Å². The van der Waals surface area contributed by atoms with Crippen LogP contribution in [0.15, 0.2) is 0 Å². The van der Waals surface area contributed by atoms with Crippen LogP contribution in [-0.2, 0) is 14.3 Å². The first kappa shape index (κ1) is 14.7. The normalized spacial score (nSPS) is 58.3. The van der Waals surface area contributed by atoms with Crippen molar-refractivity contribution < 1.29 is 14.3 Å². The number of rotatable bonds is 0. The summed E-state index contributed by atoms with van der Waals surface area (Å²) in [6.07, 6.45) is 8.67. The summed E-state index contributed by atoms with van der Waals surface area (Å²) < 4.78 is 12.8. The molecule has 0 aromatic carbocycles. The van der Waals surface area contributed by atoms with Crippen LogP contribution in [0.3, 0.4) is 0 Å². The lowest BCUT2D eigenvalue weighted by Crippen LogP contribution is -2.77. The second-order valence-corrected chi connectivity index (χ2v) is 9.52. The Morgan fingerprint density at radius 2 is 2.00 bits per heavy atom. The second kappa shape index (κ2) is 4.13. The minimum atomic E-state index is -0.424. The largest absolute Gasteiger partial charge is 0.443 e. The van der Waals surface area contributed by atoms with Gasteiger partial charge in [-0.25, -0.2) is 4.90 Å². The number of esters is 1. The summed E-state index contributed by atoms with van der Waals surface area (Å²) in [6.45, 7) is 8.04. The molecule has 23 heavy (non-hydrogen) atoms. The van der Waals surface area contributed by atoms with Crippen molar-refractivity contribution in [1.82, 2.24) is 4.90 Å². The van der Waals surface area contributed by atoms with Gasteiger partial charge in [-0.05, 0) is 49.9 Å². The molecule has 1 unspecified atom stereocenters. The third-order valence-electron chi connectivity index (χ3n) is 8.30. The third kappa shape index (κ3) is 1.53. The Hall–Kier alpha value is -0.610. The molecule has 5 aliphatic rings. The molecule has 4 heterocycles. The van der Waals surface area contributed by atoms with E-state index in [0.717, 1.165) is 51.5 Å². The highest BCUT2D eigenvalue weighted by atomic mass is 16.6. The fraction of sp³-hybridized carbons (Fsp3) is 0.947. The van der Waals surface area contributed by atoms with Gasteiger partial charge in [-0.2, -0.15) is 0 Å². The zero-order valence-electron chi connectivity index (χ0n) is 14.7. The molecule has 4 bridgehead atoms. The molecule has 6 atom stereocenters. The van der Waals surface area contributed by atoms with Gasteiger partial charge in [0.05, 0.1) is 12.5 Å². The van der Waals surface area contributed by atoms with Gasteiger partial charge in [-0.15, -0.1) is 0 Å². The van der Waals surface area contributed by atoms with Crippen molar-refractivity contribution in [3.8, 4) is 0 Å². The first-order chi connectivity index (χ1) is 10.8. The standard InChI is InChI=1S/C19H29NO3/c1-13-9-14-12-20-18(10-13,22-14)8-7-17(3)16(2)5-4-6-19(17,20)23-15(21)11-16/h13-14H,4-12H2,1-3H3/t13-,14?,16+,17-,18-,19+/m0/s1. The average Bonchev–Trinajstić information content (AvgIpc) is 2.72. The van der Waals surface area contributed by atoms with Crippen molar-refractivity contribution >= 4 is 5.97 Å². The van der Waals surface area contributed by atoms with E-state index >= 15 is 0 Å². The van der Waals surface area contributed by atoms with Crippen LogP contribution in [0.1, 0.15) is 72.1 Å². The Morgan fingerprint density at radius 3 is 2.83 bits per heavy atom. The first-order valence-electron chi connectivity index (χ1n) is 9.50. The Balaban J connectivity index is 1.66. The molecule has 0 radical (unpaired) electrons. The van der Waals surface area contributed by atoms with Gasteiger partial charge in [0.15, 0.2) is 5.72 Å². The molecule has 1 aliphatic carbocycles. The van der Waals surface area contributed by atoms with Crippen LogP contribution in [-0.4, -0.2) is 35.0 Å². The van der Waals surface area contributed by atoms with Crippen molar-refractivity contribution in [3.63, 3.8) is 0 Å². The van der Waals surface area contributed by atoms with Crippen molar-refractivity contribution in [1.29, 1.82) is 0 Å². The van der Waals surface area contributed by atoms with Crippen molar-refractivity contribution in [2.75, 3.05) is 6.54 Å². The fourth-order valence-electron chi connectivity index (χ4n) is 7.07. The smallest absolute Gasteiger partial charge is 0.308 e. The zero-order chi connectivity index (χ0) is 16.1. The summed E-state index contributed by atoms with van der Waals surface area (Å²) in [6, 6.07) is 0. The van der Waals surface area contributed by atoms with E-state index in [1.807, 2.05) is 0 Å². The molecule has 0 N–H and O–H groups in total. The molecule has 128 valence electrons. The Bertz CT molecular complexity index is 579. The highest BCUT2D eigenvalue weighted by Crippen LogP contribution is 2.70. The Labute approximate surface area is 138 Å². The third-order valence-corrected chi connectivity index (χ3v) is 8.30. The molecule has 0 aromatic heterocycles. The minimum absolute atomic E-state index is 0.0104. The van der Waals surface area contributed by atoms with E-state index in [-0.39, 0.29) is 22.5 Å². The van der Waals surface area contributed by atoms with Gasteiger partial charge in [0.1, 0.15) is 5.72 Å². The molecule has 0 amide bonds. The molecule has 5 rings (SSSR count). The van der Waals surface area contributed by atoms with E-state index in [1.54, 1.807) is 0 Å². The molecule has 5 fully saturated rings. The summed E-state index contributed by atoms with van der Waals surface area (Å²) in [4.78, 5) is 15.1. The van der Waals surface area contributed by atoms with E-state index in [1.165, 1.54) is 0 Å². The SMILES string of the molecule is C[C@H]1CC2CN3[C@](CC[C@@]4(C)[C@]5(C)CCC[C@]34OC(=O)C5)(C1)O2. The van der Waals surface area contributed by atoms with E-state index in [0.29, 0.717) is 18.4 Å². The summed E-state index contributed by atoms with van der Waals surface area (Å²) in [5.41, 5.74) is -0.462. The van der Waals surface area contributed by atoms with Crippen LogP contribution in [0.5, 0.6) is 0 Å². The maximum atomic E-state index is 12.5. The van der Waals surface area contributed by atoms with Crippen LogP contribution >= 0.6 is 0 Å². The van der Waals surface area contributed by atoms with Gasteiger partial charge in [0.25, 0.3) is 0 Å². The second-order valence-electron chi connectivity index (χ2n) is 9.52. The lowest BCUT2D eigenvalue weighted by Gasteiger charge is -2.70. The maximum Gasteiger partial charge on any atom is 0.308 e. The van der Waals surface area contributed by atoms with Gasteiger partial charge in [-0.3, -0.25) is 4.79 Å². The van der Waals surface area contributed by atoms with E-state index in [9.17, 15) is 4.79 Å².